The Kier molecular flexibility index (Phi) is 4.93. The molecular weight excluding hydrogens is 346 g/mol. The number of amides is 1. The predicted octanol–water partition coefficient (Wildman–Crippen LogP) is -0.168. The first-order valence-corrected chi connectivity index (χ1v) is 8.98. The summed E-state index contributed by atoms with van der Waals surface area (Å²) < 4.78 is 3.05. The van der Waals surface area contributed by atoms with Crippen molar-refractivity contribution in [3.8, 4) is 0 Å². The standard InChI is InChI=1S/C18H21N7O2/c26-17(12-25-18(27)16-4-2-1-3-15(16)11-20-25)23-8-5-22(6-9-23)7-10-24-14-19-13-21-24/h1-4,11,13-14H,5-10,12H2. The molecule has 0 N–H and O–H groups in total. The molecule has 0 aliphatic carbocycles. The van der Waals surface area contributed by atoms with Gasteiger partial charge >= 0.3 is 0 Å². The van der Waals surface area contributed by atoms with Gasteiger partial charge in [0.25, 0.3) is 5.56 Å². The molecule has 2 aromatic heterocycles. The summed E-state index contributed by atoms with van der Waals surface area (Å²) >= 11 is 0. The van der Waals surface area contributed by atoms with E-state index in [1.807, 2.05) is 18.2 Å². The van der Waals surface area contributed by atoms with E-state index in [-0.39, 0.29) is 18.0 Å². The second kappa shape index (κ2) is 7.67. The van der Waals surface area contributed by atoms with Gasteiger partial charge in [0.1, 0.15) is 19.2 Å². The fraction of sp³-hybridized carbons (Fsp3) is 0.389. The van der Waals surface area contributed by atoms with Crippen LogP contribution in [0.3, 0.4) is 0 Å². The number of benzene rings is 1. The van der Waals surface area contributed by atoms with Gasteiger partial charge in [0.2, 0.25) is 5.91 Å². The van der Waals surface area contributed by atoms with Gasteiger partial charge in [0.05, 0.1) is 18.1 Å². The molecular formula is C18H21N7O2. The summed E-state index contributed by atoms with van der Waals surface area (Å²) in [5, 5.41) is 9.61. The van der Waals surface area contributed by atoms with Gasteiger partial charge in [0.15, 0.2) is 0 Å². The Balaban J connectivity index is 1.33. The lowest BCUT2D eigenvalue weighted by molar-refractivity contribution is -0.133. The van der Waals surface area contributed by atoms with Crippen LogP contribution >= 0.6 is 0 Å². The summed E-state index contributed by atoms with van der Waals surface area (Å²) in [4.78, 5) is 33.1. The number of hydrogen-bond acceptors (Lipinski definition) is 6. The highest BCUT2D eigenvalue weighted by molar-refractivity contribution is 5.81. The van der Waals surface area contributed by atoms with Crippen LogP contribution in [0.25, 0.3) is 10.8 Å². The van der Waals surface area contributed by atoms with Crippen molar-refractivity contribution in [3.05, 3.63) is 53.5 Å². The normalized spacial score (nSPS) is 15.3. The van der Waals surface area contributed by atoms with Crippen molar-refractivity contribution < 1.29 is 4.79 Å². The number of piperazine rings is 1. The van der Waals surface area contributed by atoms with E-state index in [2.05, 4.69) is 20.1 Å². The summed E-state index contributed by atoms with van der Waals surface area (Å²) in [6.07, 6.45) is 4.86. The van der Waals surface area contributed by atoms with Gasteiger partial charge in [-0.25, -0.2) is 9.67 Å². The number of nitrogens with zero attached hydrogens (tertiary/aromatic N) is 7. The van der Waals surface area contributed by atoms with Crippen molar-refractivity contribution >= 4 is 16.7 Å². The van der Waals surface area contributed by atoms with Crippen molar-refractivity contribution in [3.63, 3.8) is 0 Å². The Hall–Kier alpha value is -3.07. The quantitative estimate of drug-likeness (QED) is 0.622. The topological polar surface area (TPSA) is 89.2 Å². The minimum atomic E-state index is -0.229. The molecule has 140 valence electrons. The number of hydrogen-bond donors (Lipinski definition) is 0. The molecule has 0 spiro atoms. The van der Waals surface area contributed by atoms with Crippen molar-refractivity contribution in [1.29, 1.82) is 0 Å². The zero-order valence-electron chi connectivity index (χ0n) is 14.9. The molecule has 9 heteroatoms. The number of aromatic nitrogens is 5. The van der Waals surface area contributed by atoms with E-state index >= 15 is 0 Å². The molecule has 0 atom stereocenters. The maximum absolute atomic E-state index is 12.6. The fourth-order valence-electron chi connectivity index (χ4n) is 3.28. The molecule has 4 rings (SSSR count). The predicted molar refractivity (Wildman–Crippen MR) is 99.0 cm³/mol. The third-order valence-electron chi connectivity index (χ3n) is 4.88. The summed E-state index contributed by atoms with van der Waals surface area (Å²) in [6.45, 7) is 4.54. The summed E-state index contributed by atoms with van der Waals surface area (Å²) in [5.74, 6) is -0.0733. The van der Waals surface area contributed by atoms with Gasteiger partial charge in [-0.15, -0.1) is 0 Å². The van der Waals surface area contributed by atoms with Crippen molar-refractivity contribution in [1.82, 2.24) is 34.3 Å². The molecule has 0 radical (unpaired) electrons. The second-order valence-electron chi connectivity index (χ2n) is 6.58. The Morgan fingerprint density at radius 3 is 2.63 bits per heavy atom. The average Bonchev–Trinajstić information content (AvgIpc) is 3.23. The van der Waals surface area contributed by atoms with Crippen LogP contribution in [-0.2, 0) is 17.9 Å². The lowest BCUT2D eigenvalue weighted by atomic mass is 10.2. The average molecular weight is 367 g/mol. The van der Waals surface area contributed by atoms with Crippen molar-refractivity contribution in [2.75, 3.05) is 32.7 Å². The Morgan fingerprint density at radius 2 is 1.85 bits per heavy atom. The lowest BCUT2D eigenvalue weighted by Crippen LogP contribution is -2.50. The van der Waals surface area contributed by atoms with Gasteiger partial charge in [-0.05, 0) is 6.07 Å². The van der Waals surface area contributed by atoms with Gasteiger partial charge in [0, 0.05) is 38.1 Å². The van der Waals surface area contributed by atoms with E-state index in [0.29, 0.717) is 18.5 Å². The van der Waals surface area contributed by atoms with Gasteiger partial charge < -0.3 is 4.90 Å². The summed E-state index contributed by atoms with van der Waals surface area (Å²) in [6, 6.07) is 7.28. The summed E-state index contributed by atoms with van der Waals surface area (Å²) in [7, 11) is 0. The Morgan fingerprint density at radius 1 is 1.04 bits per heavy atom. The van der Waals surface area contributed by atoms with Crippen LogP contribution in [0, 0.1) is 0 Å². The van der Waals surface area contributed by atoms with Crippen LogP contribution < -0.4 is 5.56 Å². The molecule has 1 aromatic carbocycles. The van der Waals surface area contributed by atoms with Crippen molar-refractivity contribution in [2.45, 2.75) is 13.1 Å². The van der Waals surface area contributed by atoms with Gasteiger partial charge in [-0.3, -0.25) is 19.2 Å². The van der Waals surface area contributed by atoms with Crippen LogP contribution in [0.1, 0.15) is 0 Å². The number of fused-ring (bicyclic) bond motifs is 1. The molecule has 1 saturated heterocycles. The third kappa shape index (κ3) is 3.87. The first kappa shape index (κ1) is 17.3. The smallest absolute Gasteiger partial charge is 0.275 e. The van der Waals surface area contributed by atoms with Crippen LogP contribution in [0.4, 0.5) is 0 Å². The van der Waals surface area contributed by atoms with E-state index in [9.17, 15) is 9.59 Å². The van der Waals surface area contributed by atoms with E-state index in [1.54, 1.807) is 28.2 Å². The first-order valence-electron chi connectivity index (χ1n) is 8.98. The maximum atomic E-state index is 12.6. The number of carbonyl (C=O) groups excluding carboxylic acids is 1. The highest BCUT2D eigenvalue weighted by Gasteiger charge is 2.21. The molecule has 1 aliphatic heterocycles. The Labute approximate surface area is 155 Å². The largest absolute Gasteiger partial charge is 0.339 e. The number of rotatable bonds is 5. The fourth-order valence-corrected chi connectivity index (χ4v) is 3.28. The number of carbonyl (C=O) groups is 1. The highest BCUT2D eigenvalue weighted by Crippen LogP contribution is 2.07. The Bertz CT molecular complexity index is 975. The maximum Gasteiger partial charge on any atom is 0.275 e. The monoisotopic (exact) mass is 367 g/mol. The minimum absolute atomic E-state index is 0.0252. The highest BCUT2D eigenvalue weighted by atomic mass is 16.2. The summed E-state index contributed by atoms with van der Waals surface area (Å²) in [5.41, 5.74) is -0.229. The molecule has 0 saturated carbocycles. The van der Waals surface area contributed by atoms with Gasteiger partial charge in [-0.2, -0.15) is 10.2 Å². The molecule has 9 nitrogen and oxygen atoms in total. The van der Waals surface area contributed by atoms with E-state index in [0.717, 1.165) is 31.6 Å². The molecule has 27 heavy (non-hydrogen) atoms. The van der Waals surface area contributed by atoms with Crippen LogP contribution in [0.5, 0.6) is 0 Å². The first-order chi connectivity index (χ1) is 13.2. The van der Waals surface area contributed by atoms with E-state index < -0.39 is 0 Å². The second-order valence-corrected chi connectivity index (χ2v) is 6.58. The molecule has 0 bridgehead atoms. The van der Waals surface area contributed by atoms with Crippen LogP contribution in [-0.4, -0.2) is 73.0 Å². The zero-order chi connectivity index (χ0) is 18.6. The van der Waals surface area contributed by atoms with E-state index in [4.69, 9.17) is 0 Å². The molecule has 3 aromatic rings. The van der Waals surface area contributed by atoms with Crippen LogP contribution in [0.15, 0.2) is 47.9 Å². The van der Waals surface area contributed by atoms with Crippen molar-refractivity contribution in [2.24, 2.45) is 0 Å². The SMILES string of the molecule is O=C(Cn1ncc2ccccc2c1=O)N1CCN(CCn2cncn2)CC1. The third-order valence-corrected chi connectivity index (χ3v) is 4.88. The molecule has 1 amide bonds. The minimum Gasteiger partial charge on any atom is -0.339 e. The van der Waals surface area contributed by atoms with Crippen LogP contribution in [0.2, 0.25) is 0 Å². The molecule has 1 aliphatic rings. The molecule has 0 unspecified atom stereocenters. The van der Waals surface area contributed by atoms with E-state index in [1.165, 1.54) is 11.0 Å². The van der Waals surface area contributed by atoms with Gasteiger partial charge in [-0.1, -0.05) is 18.2 Å². The zero-order valence-corrected chi connectivity index (χ0v) is 14.9. The molecule has 3 heterocycles. The molecule has 1 fully saturated rings. The lowest BCUT2D eigenvalue weighted by Gasteiger charge is -2.34.